The number of benzene rings is 2. The molecule has 0 unspecified atom stereocenters. The quantitative estimate of drug-likeness (QED) is 0.736. The lowest BCUT2D eigenvalue weighted by molar-refractivity contribution is -0.132. The van der Waals surface area contributed by atoms with Crippen molar-refractivity contribution in [3.05, 3.63) is 54.1 Å². The highest BCUT2D eigenvalue weighted by molar-refractivity contribution is 5.95. The fourth-order valence-electron chi connectivity index (χ4n) is 2.62. The Bertz CT molecular complexity index is 759. The predicted molar refractivity (Wildman–Crippen MR) is 105 cm³/mol. The molecule has 2 amide bonds. The van der Waals surface area contributed by atoms with Gasteiger partial charge >= 0.3 is 0 Å². The van der Waals surface area contributed by atoms with Gasteiger partial charge in [-0.15, -0.1) is 0 Å². The van der Waals surface area contributed by atoms with Gasteiger partial charge in [-0.2, -0.15) is 0 Å². The standard InChI is InChI=1S/C21H26N2O4/c1-4-27-20-8-6-5-7-19(20)22-21(25)15-23(16(2)24)14-13-17-9-11-18(26-3)12-10-17/h5-12H,4,13-15H2,1-3H3,(H,22,25). The molecule has 0 saturated carbocycles. The molecule has 0 aromatic heterocycles. The van der Waals surface area contributed by atoms with E-state index in [4.69, 9.17) is 9.47 Å². The zero-order valence-electron chi connectivity index (χ0n) is 16.0. The number of rotatable bonds is 9. The van der Waals surface area contributed by atoms with Gasteiger partial charge in [-0.3, -0.25) is 9.59 Å². The summed E-state index contributed by atoms with van der Waals surface area (Å²) in [5, 5.41) is 2.82. The Morgan fingerprint density at radius 1 is 1.07 bits per heavy atom. The normalized spacial score (nSPS) is 10.2. The van der Waals surface area contributed by atoms with Crippen LogP contribution < -0.4 is 14.8 Å². The molecule has 0 heterocycles. The van der Waals surface area contributed by atoms with Crippen LogP contribution in [0.2, 0.25) is 0 Å². The molecule has 2 aromatic carbocycles. The number of hydrogen-bond acceptors (Lipinski definition) is 4. The van der Waals surface area contributed by atoms with Gasteiger partial charge < -0.3 is 19.7 Å². The summed E-state index contributed by atoms with van der Waals surface area (Å²) in [4.78, 5) is 25.9. The second-order valence-corrected chi connectivity index (χ2v) is 6.02. The van der Waals surface area contributed by atoms with Crippen molar-refractivity contribution in [3.63, 3.8) is 0 Å². The molecule has 6 heteroatoms. The van der Waals surface area contributed by atoms with Gasteiger partial charge in [0.15, 0.2) is 0 Å². The van der Waals surface area contributed by atoms with Crippen molar-refractivity contribution in [2.75, 3.05) is 32.1 Å². The van der Waals surface area contributed by atoms with Crippen LogP contribution in [-0.2, 0) is 16.0 Å². The van der Waals surface area contributed by atoms with Gasteiger partial charge in [0.1, 0.15) is 11.5 Å². The Labute approximate surface area is 160 Å². The molecule has 0 fully saturated rings. The van der Waals surface area contributed by atoms with Crippen molar-refractivity contribution >= 4 is 17.5 Å². The van der Waals surface area contributed by atoms with E-state index in [1.165, 1.54) is 11.8 Å². The summed E-state index contributed by atoms with van der Waals surface area (Å²) in [6.07, 6.45) is 0.659. The first-order chi connectivity index (χ1) is 13.0. The van der Waals surface area contributed by atoms with E-state index in [-0.39, 0.29) is 18.4 Å². The lowest BCUT2D eigenvalue weighted by atomic mass is 10.1. The molecule has 0 spiro atoms. The van der Waals surface area contributed by atoms with Crippen LogP contribution in [0.4, 0.5) is 5.69 Å². The Hall–Kier alpha value is -3.02. The smallest absolute Gasteiger partial charge is 0.244 e. The van der Waals surface area contributed by atoms with Crippen molar-refractivity contribution in [3.8, 4) is 11.5 Å². The second kappa shape index (κ2) is 10.2. The Kier molecular flexibility index (Phi) is 7.67. The molecular formula is C21H26N2O4. The van der Waals surface area contributed by atoms with E-state index < -0.39 is 0 Å². The molecule has 1 N–H and O–H groups in total. The summed E-state index contributed by atoms with van der Waals surface area (Å²) in [6, 6.07) is 14.9. The summed E-state index contributed by atoms with van der Waals surface area (Å²) in [5.74, 6) is 0.999. The molecule has 2 aromatic rings. The molecule has 0 atom stereocenters. The van der Waals surface area contributed by atoms with E-state index in [0.29, 0.717) is 31.0 Å². The minimum Gasteiger partial charge on any atom is -0.497 e. The summed E-state index contributed by atoms with van der Waals surface area (Å²) < 4.78 is 10.7. The largest absolute Gasteiger partial charge is 0.497 e. The van der Waals surface area contributed by atoms with Gasteiger partial charge in [-0.05, 0) is 43.2 Å². The van der Waals surface area contributed by atoms with Crippen LogP contribution in [0.3, 0.4) is 0 Å². The highest BCUT2D eigenvalue weighted by Gasteiger charge is 2.15. The number of nitrogens with zero attached hydrogens (tertiary/aromatic N) is 1. The van der Waals surface area contributed by atoms with Crippen molar-refractivity contribution in [1.29, 1.82) is 0 Å². The lowest BCUT2D eigenvalue weighted by Crippen LogP contribution is -2.38. The van der Waals surface area contributed by atoms with Gasteiger partial charge in [0.2, 0.25) is 11.8 Å². The third-order valence-electron chi connectivity index (χ3n) is 4.07. The number of hydrogen-bond donors (Lipinski definition) is 1. The fourth-order valence-corrected chi connectivity index (χ4v) is 2.62. The number of ether oxygens (including phenoxy) is 2. The first-order valence-corrected chi connectivity index (χ1v) is 8.93. The van der Waals surface area contributed by atoms with Crippen molar-refractivity contribution in [1.82, 2.24) is 4.90 Å². The number of amides is 2. The number of nitrogens with one attached hydrogen (secondary N) is 1. The molecule has 0 radical (unpaired) electrons. The number of anilines is 1. The van der Waals surface area contributed by atoms with E-state index in [0.717, 1.165) is 11.3 Å². The fraction of sp³-hybridized carbons (Fsp3) is 0.333. The molecule has 0 aliphatic heterocycles. The average molecular weight is 370 g/mol. The molecule has 0 aliphatic rings. The van der Waals surface area contributed by atoms with Crippen LogP contribution in [0.1, 0.15) is 19.4 Å². The summed E-state index contributed by atoms with van der Waals surface area (Å²) in [6.45, 7) is 4.31. The predicted octanol–water partition coefficient (Wildman–Crippen LogP) is 3.12. The first kappa shape index (κ1) is 20.3. The maximum atomic E-state index is 12.4. The van der Waals surface area contributed by atoms with E-state index in [1.807, 2.05) is 43.3 Å². The van der Waals surface area contributed by atoms with Gasteiger partial charge in [-0.1, -0.05) is 24.3 Å². The number of methoxy groups -OCH3 is 1. The van der Waals surface area contributed by atoms with Crippen LogP contribution in [0.15, 0.2) is 48.5 Å². The minimum atomic E-state index is -0.257. The van der Waals surface area contributed by atoms with E-state index in [2.05, 4.69) is 5.32 Å². The van der Waals surface area contributed by atoms with Gasteiger partial charge in [0.25, 0.3) is 0 Å². The van der Waals surface area contributed by atoms with Crippen molar-refractivity contribution in [2.24, 2.45) is 0 Å². The molecule has 0 bridgehead atoms. The Morgan fingerprint density at radius 2 is 1.78 bits per heavy atom. The van der Waals surface area contributed by atoms with E-state index in [1.54, 1.807) is 19.2 Å². The SMILES string of the molecule is CCOc1ccccc1NC(=O)CN(CCc1ccc(OC)cc1)C(C)=O. The summed E-state index contributed by atoms with van der Waals surface area (Å²) in [7, 11) is 1.62. The molecular weight excluding hydrogens is 344 g/mol. The zero-order chi connectivity index (χ0) is 19.6. The Morgan fingerprint density at radius 3 is 2.41 bits per heavy atom. The monoisotopic (exact) mass is 370 g/mol. The van der Waals surface area contributed by atoms with Gasteiger partial charge in [0, 0.05) is 13.5 Å². The van der Waals surface area contributed by atoms with Crippen LogP contribution in [0, 0.1) is 0 Å². The van der Waals surface area contributed by atoms with Crippen LogP contribution >= 0.6 is 0 Å². The molecule has 144 valence electrons. The molecule has 27 heavy (non-hydrogen) atoms. The van der Waals surface area contributed by atoms with E-state index >= 15 is 0 Å². The van der Waals surface area contributed by atoms with Crippen LogP contribution in [-0.4, -0.2) is 43.5 Å². The van der Waals surface area contributed by atoms with Crippen LogP contribution in [0.5, 0.6) is 11.5 Å². The number of para-hydroxylation sites is 2. The molecule has 0 aliphatic carbocycles. The highest BCUT2D eigenvalue weighted by Crippen LogP contribution is 2.23. The van der Waals surface area contributed by atoms with Gasteiger partial charge in [0.05, 0.1) is 25.9 Å². The lowest BCUT2D eigenvalue weighted by Gasteiger charge is -2.21. The maximum Gasteiger partial charge on any atom is 0.244 e. The van der Waals surface area contributed by atoms with Crippen molar-refractivity contribution < 1.29 is 19.1 Å². The molecule has 6 nitrogen and oxygen atoms in total. The summed E-state index contributed by atoms with van der Waals surface area (Å²) >= 11 is 0. The average Bonchev–Trinajstić information content (AvgIpc) is 2.67. The van der Waals surface area contributed by atoms with Crippen molar-refractivity contribution in [2.45, 2.75) is 20.3 Å². The van der Waals surface area contributed by atoms with Gasteiger partial charge in [-0.25, -0.2) is 0 Å². The highest BCUT2D eigenvalue weighted by atomic mass is 16.5. The zero-order valence-corrected chi connectivity index (χ0v) is 16.0. The third-order valence-corrected chi connectivity index (χ3v) is 4.07. The Balaban J connectivity index is 1.94. The van der Waals surface area contributed by atoms with Crippen LogP contribution in [0.25, 0.3) is 0 Å². The number of carbonyl (C=O) groups excluding carboxylic acids is 2. The topological polar surface area (TPSA) is 67.9 Å². The maximum absolute atomic E-state index is 12.4. The van der Waals surface area contributed by atoms with E-state index in [9.17, 15) is 9.59 Å². The molecule has 0 saturated heterocycles. The third kappa shape index (κ3) is 6.33. The first-order valence-electron chi connectivity index (χ1n) is 8.93. The molecule has 2 rings (SSSR count). The number of carbonyl (C=O) groups is 2. The minimum absolute atomic E-state index is 0.00799. The second-order valence-electron chi connectivity index (χ2n) is 6.02. The summed E-state index contributed by atoms with van der Waals surface area (Å²) in [5.41, 5.74) is 1.67.